The van der Waals surface area contributed by atoms with Crippen molar-refractivity contribution in [2.45, 2.75) is 38.5 Å². The second-order valence-corrected chi connectivity index (χ2v) is 6.37. The maximum Gasteiger partial charge on any atom is 0.313 e. The number of halogens is 1. The maximum atomic E-state index is 14.5. The van der Waals surface area contributed by atoms with Crippen LogP contribution in [-0.2, 0) is 9.53 Å². The van der Waals surface area contributed by atoms with E-state index < -0.39 is 11.7 Å². The van der Waals surface area contributed by atoms with Gasteiger partial charge in [-0.3, -0.25) is 4.79 Å². The van der Waals surface area contributed by atoms with Gasteiger partial charge < -0.3 is 14.8 Å². The quantitative estimate of drug-likeness (QED) is 0.845. The Kier molecular flexibility index (Phi) is 5.99. The molecule has 1 aromatic carbocycles. The van der Waals surface area contributed by atoms with E-state index in [1.807, 2.05) is 19.9 Å². The predicted molar refractivity (Wildman–Crippen MR) is 87.4 cm³/mol. The van der Waals surface area contributed by atoms with Gasteiger partial charge in [-0.2, -0.15) is 0 Å². The van der Waals surface area contributed by atoms with Crippen LogP contribution in [-0.4, -0.2) is 33.3 Å². The second-order valence-electron chi connectivity index (χ2n) is 6.37. The zero-order chi connectivity index (χ0) is 17.0. The van der Waals surface area contributed by atoms with Crippen LogP contribution >= 0.6 is 0 Å². The predicted octanol–water partition coefficient (Wildman–Crippen LogP) is 3.21. The fourth-order valence-electron chi connectivity index (χ4n) is 3.29. The molecule has 0 amide bonds. The van der Waals surface area contributed by atoms with Crippen LogP contribution in [0.5, 0.6) is 5.75 Å². The number of hydrogen-bond donors (Lipinski definition) is 1. The number of methoxy groups -OCH3 is 2. The maximum absolute atomic E-state index is 14.5. The summed E-state index contributed by atoms with van der Waals surface area (Å²) >= 11 is 0. The van der Waals surface area contributed by atoms with Crippen LogP contribution in [0, 0.1) is 11.7 Å². The lowest BCUT2D eigenvalue weighted by molar-refractivity contribution is -0.144. The number of piperidine rings is 1. The molecule has 5 heteroatoms. The first kappa shape index (κ1) is 17.7. The van der Waals surface area contributed by atoms with E-state index in [2.05, 4.69) is 5.32 Å². The summed E-state index contributed by atoms with van der Waals surface area (Å²) in [6.07, 6.45) is 1.72. The Morgan fingerprint density at radius 1 is 1.26 bits per heavy atom. The molecule has 1 aromatic rings. The van der Waals surface area contributed by atoms with E-state index in [-0.39, 0.29) is 23.6 Å². The zero-order valence-electron chi connectivity index (χ0n) is 14.3. The summed E-state index contributed by atoms with van der Waals surface area (Å²) in [5, 5.41) is 3.29. The van der Waals surface area contributed by atoms with Gasteiger partial charge in [-0.1, -0.05) is 19.9 Å². The molecule has 1 aliphatic rings. The third-order valence-corrected chi connectivity index (χ3v) is 4.61. The largest absolute Gasteiger partial charge is 0.493 e. The molecule has 1 aliphatic heterocycles. The van der Waals surface area contributed by atoms with Crippen LogP contribution in [0.1, 0.15) is 49.7 Å². The molecule has 0 bridgehead atoms. The van der Waals surface area contributed by atoms with E-state index in [0.717, 1.165) is 31.5 Å². The minimum absolute atomic E-state index is 0.124. The van der Waals surface area contributed by atoms with Crippen molar-refractivity contribution >= 4 is 5.97 Å². The van der Waals surface area contributed by atoms with Crippen molar-refractivity contribution in [2.24, 2.45) is 5.92 Å². The summed E-state index contributed by atoms with van der Waals surface area (Å²) in [5.74, 6) is -0.791. The van der Waals surface area contributed by atoms with Gasteiger partial charge in [-0.05, 0) is 49.4 Å². The van der Waals surface area contributed by atoms with Gasteiger partial charge in [-0.15, -0.1) is 0 Å². The van der Waals surface area contributed by atoms with Crippen molar-refractivity contribution in [3.05, 3.63) is 29.1 Å². The van der Waals surface area contributed by atoms with Crippen molar-refractivity contribution in [3.8, 4) is 5.75 Å². The minimum atomic E-state index is -0.495. The number of benzene rings is 1. The Hall–Kier alpha value is -1.62. The molecule has 2 rings (SSSR count). The van der Waals surface area contributed by atoms with Crippen LogP contribution in [0.3, 0.4) is 0 Å². The molecule has 1 saturated heterocycles. The van der Waals surface area contributed by atoms with E-state index in [1.165, 1.54) is 20.3 Å². The van der Waals surface area contributed by atoms with Crippen LogP contribution < -0.4 is 10.1 Å². The van der Waals surface area contributed by atoms with Crippen LogP contribution in [0.4, 0.5) is 4.39 Å². The Morgan fingerprint density at radius 2 is 1.91 bits per heavy atom. The molecule has 0 aromatic heterocycles. The SMILES string of the molecule is COC(=O)[C@@H](c1cc(C(C)C)cc(F)c1OC)C1CCNCC1. The van der Waals surface area contributed by atoms with Gasteiger partial charge in [0.15, 0.2) is 11.6 Å². The van der Waals surface area contributed by atoms with Gasteiger partial charge in [-0.25, -0.2) is 4.39 Å². The molecule has 23 heavy (non-hydrogen) atoms. The Morgan fingerprint density at radius 3 is 2.43 bits per heavy atom. The zero-order valence-corrected chi connectivity index (χ0v) is 14.3. The van der Waals surface area contributed by atoms with Crippen molar-refractivity contribution in [1.82, 2.24) is 5.32 Å². The third kappa shape index (κ3) is 3.83. The second kappa shape index (κ2) is 7.77. The van der Waals surface area contributed by atoms with Crippen LogP contribution in [0.15, 0.2) is 12.1 Å². The first-order valence-corrected chi connectivity index (χ1v) is 8.15. The molecule has 1 fully saturated rings. The lowest BCUT2D eigenvalue weighted by Gasteiger charge is -2.30. The van der Waals surface area contributed by atoms with Gasteiger partial charge >= 0.3 is 5.97 Å². The number of hydrogen-bond acceptors (Lipinski definition) is 4. The number of nitrogens with one attached hydrogen (secondary N) is 1. The molecular formula is C18H26FNO3. The highest BCUT2D eigenvalue weighted by Crippen LogP contribution is 2.40. The fraction of sp³-hybridized carbons (Fsp3) is 0.611. The summed E-state index contributed by atoms with van der Waals surface area (Å²) in [5.41, 5.74) is 1.47. The molecule has 128 valence electrons. The Labute approximate surface area is 137 Å². The summed E-state index contributed by atoms with van der Waals surface area (Å²) < 4.78 is 24.8. The van der Waals surface area contributed by atoms with Crippen molar-refractivity contribution in [2.75, 3.05) is 27.3 Å². The highest BCUT2D eigenvalue weighted by Gasteiger charge is 2.35. The molecule has 0 saturated carbocycles. The standard InChI is InChI=1S/C18H26FNO3/c1-11(2)13-9-14(17(22-3)15(19)10-13)16(18(21)23-4)12-5-7-20-8-6-12/h9-12,16,20H,5-8H2,1-4H3/t16-/m1/s1. The summed E-state index contributed by atoms with van der Waals surface area (Å²) in [6.45, 7) is 5.71. The van der Waals surface area contributed by atoms with Crippen molar-refractivity contribution < 1.29 is 18.7 Å². The fourth-order valence-corrected chi connectivity index (χ4v) is 3.29. The van der Waals surface area contributed by atoms with Gasteiger partial charge in [0.1, 0.15) is 0 Å². The number of carbonyl (C=O) groups excluding carboxylic acids is 1. The molecule has 1 N–H and O–H groups in total. The molecule has 4 nitrogen and oxygen atoms in total. The normalized spacial score (nSPS) is 17.1. The highest BCUT2D eigenvalue weighted by molar-refractivity contribution is 5.79. The molecule has 1 atom stereocenters. The van der Waals surface area contributed by atoms with E-state index in [0.29, 0.717) is 5.56 Å². The van der Waals surface area contributed by atoms with Gasteiger partial charge in [0.2, 0.25) is 0 Å². The number of carbonyl (C=O) groups is 1. The summed E-state index contributed by atoms with van der Waals surface area (Å²) in [7, 11) is 2.82. The third-order valence-electron chi connectivity index (χ3n) is 4.61. The van der Waals surface area contributed by atoms with Crippen LogP contribution in [0.25, 0.3) is 0 Å². The Balaban J connectivity index is 2.53. The van der Waals surface area contributed by atoms with E-state index >= 15 is 0 Å². The number of ether oxygens (including phenoxy) is 2. The molecule has 0 radical (unpaired) electrons. The van der Waals surface area contributed by atoms with E-state index in [9.17, 15) is 9.18 Å². The average molecular weight is 323 g/mol. The first-order chi connectivity index (χ1) is 11.0. The highest BCUT2D eigenvalue weighted by atomic mass is 19.1. The number of rotatable bonds is 5. The lowest BCUT2D eigenvalue weighted by Crippen LogP contribution is -2.34. The van der Waals surface area contributed by atoms with E-state index in [1.54, 1.807) is 0 Å². The molecular weight excluding hydrogens is 297 g/mol. The monoisotopic (exact) mass is 323 g/mol. The first-order valence-electron chi connectivity index (χ1n) is 8.15. The molecule has 0 unspecified atom stereocenters. The molecule has 0 aliphatic carbocycles. The lowest BCUT2D eigenvalue weighted by atomic mass is 9.79. The Bertz CT molecular complexity index is 553. The topological polar surface area (TPSA) is 47.6 Å². The smallest absolute Gasteiger partial charge is 0.313 e. The van der Waals surface area contributed by atoms with Gasteiger partial charge in [0, 0.05) is 5.56 Å². The molecule has 0 spiro atoms. The van der Waals surface area contributed by atoms with Crippen molar-refractivity contribution in [3.63, 3.8) is 0 Å². The number of esters is 1. The average Bonchev–Trinajstić information content (AvgIpc) is 2.55. The van der Waals surface area contributed by atoms with Gasteiger partial charge in [0.05, 0.1) is 20.1 Å². The minimum Gasteiger partial charge on any atom is -0.493 e. The summed E-state index contributed by atoms with van der Waals surface area (Å²) in [6, 6.07) is 3.39. The molecule has 1 heterocycles. The van der Waals surface area contributed by atoms with Crippen LogP contribution in [0.2, 0.25) is 0 Å². The van der Waals surface area contributed by atoms with E-state index in [4.69, 9.17) is 9.47 Å². The van der Waals surface area contributed by atoms with Crippen molar-refractivity contribution in [1.29, 1.82) is 0 Å². The summed E-state index contributed by atoms with van der Waals surface area (Å²) in [4.78, 5) is 12.5. The van der Waals surface area contributed by atoms with Gasteiger partial charge in [0.25, 0.3) is 0 Å².